The van der Waals surface area contributed by atoms with Gasteiger partial charge in [0.15, 0.2) is 4.77 Å². The van der Waals surface area contributed by atoms with Gasteiger partial charge in [-0.15, -0.1) is 17.9 Å². The molecule has 0 radical (unpaired) electrons. The van der Waals surface area contributed by atoms with Crippen LogP contribution in [0.25, 0.3) is 10.2 Å². The standard InChI is InChI=1S/C15H18N2O2S2/c1-4-5-17-14(18)12-9-6-10(8(2)3)19-7-11(9)21-13(12)16-15(17)20/h4,8,10H,1,5-7H2,2-3H3,(H,16,20). The SMILES string of the molecule is C=CCn1c(=S)[nH]c2sc3c(c2c1=O)CC(C(C)C)OC3. The third-order valence-corrected chi connectivity index (χ3v) is 5.35. The van der Waals surface area contributed by atoms with Crippen LogP contribution in [0.15, 0.2) is 17.4 Å². The third kappa shape index (κ3) is 2.41. The molecule has 1 unspecified atom stereocenters. The van der Waals surface area contributed by atoms with Crippen LogP contribution in [0.1, 0.15) is 24.3 Å². The van der Waals surface area contributed by atoms with E-state index in [0.717, 1.165) is 27.1 Å². The van der Waals surface area contributed by atoms with E-state index < -0.39 is 0 Å². The topological polar surface area (TPSA) is 47.0 Å². The largest absolute Gasteiger partial charge is 0.372 e. The van der Waals surface area contributed by atoms with E-state index in [2.05, 4.69) is 25.4 Å². The van der Waals surface area contributed by atoms with Gasteiger partial charge in [0.05, 0.1) is 18.1 Å². The van der Waals surface area contributed by atoms with Crippen LogP contribution in [0.4, 0.5) is 0 Å². The van der Waals surface area contributed by atoms with Gasteiger partial charge in [-0.3, -0.25) is 9.36 Å². The maximum absolute atomic E-state index is 12.7. The molecule has 3 rings (SSSR count). The second-order valence-corrected chi connectivity index (χ2v) is 7.13. The number of fused-ring (bicyclic) bond motifs is 3. The Hall–Kier alpha value is -1.24. The molecule has 0 bridgehead atoms. The second kappa shape index (κ2) is 5.51. The minimum atomic E-state index is -0.0180. The van der Waals surface area contributed by atoms with E-state index in [1.165, 1.54) is 0 Å². The van der Waals surface area contributed by atoms with Gasteiger partial charge in [0.2, 0.25) is 0 Å². The van der Waals surface area contributed by atoms with E-state index in [9.17, 15) is 4.79 Å². The summed E-state index contributed by atoms with van der Waals surface area (Å²) in [5.74, 6) is 0.436. The molecule has 6 heteroatoms. The summed E-state index contributed by atoms with van der Waals surface area (Å²) >= 11 is 6.86. The molecule has 0 aromatic carbocycles. The highest BCUT2D eigenvalue weighted by atomic mass is 32.1. The zero-order valence-corrected chi connectivity index (χ0v) is 13.8. The van der Waals surface area contributed by atoms with Crippen molar-refractivity contribution in [2.45, 2.75) is 39.5 Å². The summed E-state index contributed by atoms with van der Waals surface area (Å²) in [5.41, 5.74) is 1.12. The summed E-state index contributed by atoms with van der Waals surface area (Å²) in [6.45, 7) is 9.00. The molecule has 1 N–H and O–H groups in total. The Balaban J connectivity index is 2.23. The summed E-state index contributed by atoms with van der Waals surface area (Å²) in [5, 5.41) is 0.777. The number of hydrogen-bond donors (Lipinski definition) is 1. The predicted octanol–water partition coefficient (Wildman–Crippen LogP) is 3.40. The van der Waals surface area contributed by atoms with Gasteiger partial charge in [0.25, 0.3) is 5.56 Å². The number of aromatic amines is 1. The summed E-state index contributed by atoms with van der Waals surface area (Å²) in [6.07, 6.45) is 2.65. The zero-order chi connectivity index (χ0) is 15.1. The first-order valence-corrected chi connectivity index (χ1v) is 8.25. The molecule has 3 heterocycles. The van der Waals surface area contributed by atoms with Crippen molar-refractivity contribution in [3.8, 4) is 0 Å². The molecule has 0 amide bonds. The Bertz CT molecular complexity index is 813. The van der Waals surface area contributed by atoms with Gasteiger partial charge < -0.3 is 9.72 Å². The highest BCUT2D eigenvalue weighted by Gasteiger charge is 2.27. The van der Waals surface area contributed by atoms with Crippen molar-refractivity contribution in [3.05, 3.63) is 38.2 Å². The number of rotatable bonds is 3. The monoisotopic (exact) mass is 322 g/mol. The molecule has 1 aliphatic rings. The average Bonchev–Trinajstić information content (AvgIpc) is 2.80. The maximum Gasteiger partial charge on any atom is 0.263 e. The molecule has 0 aliphatic carbocycles. The molecule has 0 fully saturated rings. The molecule has 2 aromatic rings. The van der Waals surface area contributed by atoms with Gasteiger partial charge in [-0.25, -0.2) is 0 Å². The molecule has 0 saturated heterocycles. The van der Waals surface area contributed by atoms with Crippen LogP contribution in [0.2, 0.25) is 0 Å². The molecule has 21 heavy (non-hydrogen) atoms. The fourth-order valence-corrected chi connectivity index (χ4v) is 4.18. The lowest BCUT2D eigenvalue weighted by Crippen LogP contribution is -2.28. The van der Waals surface area contributed by atoms with Crippen LogP contribution >= 0.6 is 23.6 Å². The van der Waals surface area contributed by atoms with E-state index in [0.29, 0.717) is 23.8 Å². The van der Waals surface area contributed by atoms with Crippen LogP contribution in [-0.2, 0) is 24.3 Å². The van der Waals surface area contributed by atoms with E-state index in [4.69, 9.17) is 17.0 Å². The highest BCUT2D eigenvalue weighted by Crippen LogP contribution is 2.34. The fourth-order valence-electron chi connectivity index (χ4n) is 2.72. The lowest BCUT2D eigenvalue weighted by atomic mass is 9.96. The molecule has 1 atom stereocenters. The number of nitrogens with one attached hydrogen (secondary N) is 1. The zero-order valence-electron chi connectivity index (χ0n) is 12.1. The van der Waals surface area contributed by atoms with Crippen molar-refractivity contribution in [2.75, 3.05) is 0 Å². The van der Waals surface area contributed by atoms with Crippen molar-refractivity contribution < 1.29 is 4.74 Å². The molecule has 2 aromatic heterocycles. The van der Waals surface area contributed by atoms with Crippen molar-refractivity contribution >= 4 is 33.8 Å². The van der Waals surface area contributed by atoms with Crippen molar-refractivity contribution in [1.29, 1.82) is 0 Å². The normalized spacial score (nSPS) is 18.1. The first kappa shape index (κ1) is 14.7. The summed E-state index contributed by atoms with van der Waals surface area (Å²) in [7, 11) is 0. The van der Waals surface area contributed by atoms with E-state index in [1.807, 2.05) is 0 Å². The molecule has 112 valence electrons. The first-order chi connectivity index (χ1) is 10.0. The number of nitrogens with zero attached hydrogens (tertiary/aromatic N) is 1. The van der Waals surface area contributed by atoms with Gasteiger partial charge in [-0.05, 0) is 23.7 Å². The number of aromatic nitrogens is 2. The second-order valence-electron chi connectivity index (χ2n) is 5.64. The number of thiophene rings is 1. The van der Waals surface area contributed by atoms with Crippen LogP contribution in [0.3, 0.4) is 0 Å². The smallest absolute Gasteiger partial charge is 0.263 e. The van der Waals surface area contributed by atoms with Crippen molar-refractivity contribution in [2.24, 2.45) is 5.92 Å². The fraction of sp³-hybridized carbons (Fsp3) is 0.467. The number of H-pyrrole nitrogens is 1. The number of hydrogen-bond acceptors (Lipinski definition) is 4. The highest BCUT2D eigenvalue weighted by molar-refractivity contribution is 7.71. The molecule has 4 nitrogen and oxygen atoms in total. The van der Waals surface area contributed by atoms with Crippen LogP contribution in [0, 0.1) is 10.7 Å². The first-order valence-electron chi connectivity index (χ1n) is 7.02. The van der Waals surface area contributed by atoms with Gasteiger partial charge in [-0.2, -0.15) is 0 Å². The third-order valence-electron chi connectivity index (χ3n) is 3.90. The predicted molar refractivity (Wildman–Crippen MR) is 88.6 cm³/mol. The molecule has 0 spiro atoms. The van der Waals surface area contributed by atoms with Crippen LogP contribution in [0.5, 0.6) is 0 Å². The van der Waals surface area contributed by atoms with Gasteiger partial charge in [-0.1, -0.05) is 19.9 Å². The molecule has 1 aliphatic heterocycles. The quantitative estimate of drug-likeness (QED) is 0.696. The van der Waals surface area contributed by atoms with E-state index in [1.54, 1.807) is 22.0 Å². The number of allylic oxidation sites excluding steroid dienone is 1. The Morgan fingerprint density at radius 2 is 2.38 bits per heavy atom. The molecule has 0 saturated carbocycles. The lowest BCUT2D eigenvalue weighted by Gasteiger charge is -2.26. The van der Waals surface area contributed by atoms with Crippen molar-refractivity contribution in [3.63, 3.8) is 0 Å². The molecular weight excluding hydrogens is 304 g/mol. The molecular formula is C15H18N2O2S2. The summed E-state index contributed by atoms with van der Waals surface area (Å²) in [4.78, 5) is 17.9. The Kier molecular flexibility index (Phi) is 3.86. The van der Waals surface area contributed by atoms with Crippen molar-refractivity contribution in [1.82, 2.24) is 9.55 Å². The Morgan fingerprint density at radius 1 is 1.62 bits per heavy atom. The van der Waals surface area contributed by atoms with Gasteiger partial charge >= 0.3 is 0 Å². The minimum Gasteiger partial charge on any atom is -0.372 e. The van der Waals surface area contributed by atoms with Crippen LogP contribution < -0.4 is 5.56 Å². The van der Waals surface area contributed by atoms with Crippen LogP contribution in [-0.4, -0.2) is 15.7 Å². The van der Waals surface area contributed by atoms with E-state index in [-0.39, 0.29) is 11.7 Å². The van der Waals surface area contributed by atoms with Gasteiger partial charge in [0.1, 0.15) is 4.83 Å². The lowest BCUT2D eigenvalue weighted by molar-refractivity contribution is 0.00200. The summed E-state index contributed by atoms with van der Waals surface area (Å²) in [6, 6.07) is 0. The summed E-state index contributed by atoms with van der Waals surface area (Å²) < 4.78 is 7.91. The Morgan fingerprint density at radius 3 is 3.05 bits per heavy atom. The Labute approximate surface area is 132 Å². The average molecular weight is 322 g/mol. The maximum atomic E-state index is 12.7. The van der Waals surface area contributed by atoms with Gasteiger partial charge in [0, 0.05) is 17.8 Å². The number of ether oxygens (including phenoxy) is 1. The minimum absolute atomic E-state index is 0.0180. The van der Waals surface area contributed by atoms with E-state index >= 15 is 0 Å².